The maximum absolute atomic E-state index is 12.7. The molecule has 3 heterocycles. The van der Waals surface area contributed by atoms with Gasteiger partial charge < -0.3 is 10.2 Å². The number of imidazole rings is 1. The fraction of sp³-hybridized carbons (Fsp3) is 0.524. The Labute approximate surface area is 180 Å². The van der Waals surface area contributed by atoms with Crippen molar-refractivity contribution < 1.29 is 9.59 Å². The molecule has 1 atom stereocenters. The van der Waals surface area contributed by atoms with Gasteiger partial charge in [0.05, 0.1) is 16.8 Å². The van der Waals surface area contributed by atoms with Crippen LogP contribution in [0.2, 0.25) is 0 Å². The third-order valence-electron chi connectivity index (χ3n) is 5.36. The Kier molecular flexibility index (Phi) is 5.99. The molecule has 1 aromatic carbocycles. The molecule has 0 unspecified atom stereocenters. The van der Waals surface area contributed by atoms with Crippen molar-refractivity contribution in [3.05, 3.63) is 24.3 Å². The molecule has 9 heteroatoms. The maximum Gasteiger partial charge on any atom is 0.240 e. The molecule has 3 aromatic rings. The molecule has 160 valence electrons. The van der Waals surface area contributed by atoms with Gasteiger partial charge in [-0.3, -0.25) is 18.6 Å². The van der Waals surface area contributed by atoms with Crippen molar-refractivity contribution in [3.63, 3.8) is 0 Å². The van der Waals surface area contributed by atoms with Gasteiger partial charge in [-0.25, -0.2) is 0 Å². The summed E-state index contributed by atoms with van der Waals surface area (Å²) in [5.74, 6) is 1.57. The molecule has 2 aromatic heterocycles. The van der Waals surface area contributed by atoms with Crippen molar-refractivity contribution in [2.45, 2.75) is 51.4 Å². The molecule has 1 aliphatic heterocycles. The zero-order valence-electron chi connectivity index (χ0n) is 17.7. The highest BCUT2D eigenvalue weighted by Gasteiger charge is 2.23. The summed E-state index contributed by atoms with van der Waals surface area (Å²) in [4.78, 5) is 27.0. The van der Waals surface area contributed by atoms with Crippen LogP contribution >= 0.6 is 11.8 Å². The van der Waals surface area contributed by atoms with Crippen LogP contribution in [0.25, 0.3) is 16.8 Å². The predicted octanol–water partition coefficient (Wildman–Crippen LogP) is 2.56. The van der Waals surface area contributed by atoms with Gasteiger partial charge in [0.25, 0.3) is 0 Å². The molecule has 2 amide bonds. The Morgan fingerprint density at radius 1 is 1.23 bits per heavy atom. The van der Waals surface area contributed by atoms with Gasteiger partial charge in [0.15, 0.2) is 5.16 Å². The average molecular weight is 429 g/mol. The number of benzene rings is 1. The molecule has 0 spiro atoms. The summed E-state index contributed by atoms with van der Waals surface area (Å²) in [7, 11) is 0. The van der Waals surface area contributed by atoms with Gasteiger partial charge >= 0.3 is 0 Å². The molecule has 0 bridgehead atoms. The number of likely N-dealkylation sites (tertiary alicyclic amines) is 1. The Balaban J connectivity index is 1.59. The van der Waals surface area contributed by atoms with Gasteiger partial charge in [0.1, 0.15) is 6.54 Å². The van der Waals surface area contributed by atoms with E-state index in [1.54, 1.807) is 0 Å². The molecule has 4 rings (SSSR count). The number of piperidine rings is 1. The van der Waals surface area contributed by atoms with Gasteiger partial charge in [-0.15, -0.1) is 10.2 Å². The first-order valence-electron chi connectivity index (χ1n) is 10.5. The van der Waals surface area contributed by atoms with Crippen molar-refractivity contribution in [3.8, 4) is 0 Å². The third-order valence-corrected chi connectivity index (χ3v) is 6.27. The van der Waals surface area contributed by atoms with E-state index in [9.17, 15) is 9.59 Å². The molecular weight excluding hydrogens is 400 g/mol. The van der Waals surface area contributed by atoms with Crippen LogP contribution in [-0.2, 0) is 16.1 Å². The fourth-order valence-corrected chi connectivity index (χ4v) is 4.87. The van der Waals surface area contributed by atoms with Crippen molar-refractivity contribution in [2.75, 3.05) is 18.8 Å². The lowest BCUT2D eigenvalue weighted by atomic mass is 10.0. The fourth-order valence-electron chi connectivity index (χ4n) is 4.03. The normalized spacial score (nSPS) is 17.2. The Bertz CT molecular complexity index is 1070. The van der Waals surface area contributed by atoms with Crippen molar-refractivity contribution in [1.29, 1.82) is 0 Å². The van der Waals surface area contributed by atoms with Gasteiger partial charge in [-0.2, -0.15) is 0 Å². The van der Waals surface area contributed by atoms with E-state index in [1.807, 2.05) is 52.0 Å². The van der Waals surface area contributed by atoms with E-state index in [1.165, 1.54) is 18.2 Å². The van der Waals surface area contributed by atoms with Crippen LogP contribution < -0.4 is 5.32 Å². The highest BCUT2D eigenvalue weighted by atomic mass is 32.2. The highest BCUT2D eigenvalue weighted by Crippen LogP contribution is 2.26. The second-order valence-electron chi connectivity index (χ2n) is 8.29. The summed E-state index contributed by atoms with van der Waals surface area (Å²) in [6, 6.07) is 7.93. The van der Waals surface area contributed by atoms with Gasteiger partial charge in [-0.05, 0) is 44.7 Å². The number of rotatable bonds is 6. The standard InChI is InChI=1S/C21H28N6O2S/c1-14(2)22-18(28)12-26-16-8-4-5-9-17(16)27-20(26)23-24-21(27)30-13-19(29)25-10-6-7-15(3)11-25/h4-5,8-9,14-15H,6-7,10-13H2,1-3H3,(H,22,28)/t15-/m1/s1. The minimum absolute atomic E-state index is 0.0696. The zero-order chi connectivity index (χ0) is 21.3. The highest BCUT2D eigenvalue weighted by molar-refractivity contribution is 7.99. The minimum Gasteiger partial charge on any atom is -0.352 e. The molecule has 1 saturated heterocycles. The van der Waals surface area contributed by atoms with E-state index in [-0.39, 0.29) is 24.4 Å². The number of nitrogens with one attached hydrogen (secondary N) is 1. The van der Waals surface area contributed by atoms with Crippen LogP contribution in [0.15, 0.2) is 29.4 Å². The minimum atomic E-state index is -0.0696. The Morgan fingerprint density at radius 3 is 2.73 bits per heavy atom. The zero-order valence-corrected chi connectivity index (χ0v) is 18.5. The Hall–Kier alpha value is -2.55. The van der Waals surface area contributed by atoms with Gasteiger partial charge in [-0.1, -0.05) is 30.8 Å². The molecular formula is C21H28N6O2S. The molecule has 8 nitrogen and oxygen atoms in total. The number of fused-ring (bicyclic) bond motifs is 3. The smallest absolute Gasteiger partial charge is 0.240 e. The van der Waals surface area contributed by atoms with Crippen LogP contribution in [-0.4, -0.2) is 60.8 Å². The van der Waals surface area contributed by atoms with E-state index in [0.717, 1.165) is 30.5 Å². The Morgan fingerprint density at radius 2 is 2.00 bits per heavy atom. The van der Waals surface area contributed by atoms with Crippen LogP contribution in [0.5, 0.6) is 0 Å². The molecule has 1 aliphatic rings. The quantitative estimate of drug-likeness (QED) is 0.610. The number of aromatic nitrogens is 4. The number of amides is 2. The summed E-state index contributed by atoms with van der Waals surface area (Å²) < 4.78 is 3.81. The van der Waals surface area contributed by atoms with E-state index >= 15 is 0 Å². The summed E-state index contributed by atoms with van der Waals surface area (Å²) in [5.41, 5.74) is 1.84. The number of thioether (sulfide) groups is 1. The first kappa shape index (κ1) is 20.7. The number of hydrogen-bond acceptors (Lipinski definition) is 5. The number of nitrogens with zero attached hydrogens (tertiary/aromatic N) is 5. The second-order valence-corrected chi connectivity index (χ2v) is 9.23. The van der Waals surface area contributed by atoms with E-state index < -0.39 is 0 Å². The molecule has 0 aliphatic carbocycles. The number of hydrogen-bond donors (Lipinski definition) is 1. The SMILES string of the molecule is CC(C)NC(=O)Cn1c2ccccc2n2c(SCC(=O)N3CCC[C@@H](C)C3)nnc12. The third kappa shape index (κ3) is 4.16. The van der Waals surface area contributed by atoms with E-state index in [4.69, 9.17) is 0 Å². The van der Waals surface area contributed by atoms with Crippen LogP contribution in [0.4, 0.5) is 0 Å². The number of carbonyl (C=O) groups is 2. The molecule has 1 fully saturated rings. The van der Waals surface area contributed by atoms with Crippen LogP contribution in [0.3, 0.4) is 0 Å². The lowest BCUT2D eigenvalue weighted by molar-refractivity contribution is -0.130. The molecule has 30 heavy (non-hydrogen) atoms. The van der Waals surface area contributed by atoms with Gasteiger partial charge in [0, 0.05) is 19.1 Å². The first-order chi connectivity index (χ1) is 14.4. The summed E-state index contributed by atoms with van der Waals surface area (Å²) >= 11 is 1.40. The lowest BCUT2D eigenvalue weighted by Gasteiger charge is -2.30. The second kappa shape index (κ2) is 8.67. The number of carbonyl (C=O) groups excluding carboxylic acids is 2. The van der Waals surface area contributed by atoms with Crippen molar-refractivity contribution >= 4 is 40.4 Å². The number of para-hydroxylation sites is 2. The maximum atomic E-state index is 12.7. The van der Waals surface area contributed by atoms with Crippen molar-refractivity contribution in [2.24, 2.45) is 5.92 Å². The monoisotopic (exact) mass is 428 g/mol. The molecule has 0 saturated carbocycles. The topological polar surface area (TPSA) is 84.5 Å². The lowest BCUT2D eigenvalue weighted by Crippen LogP contribution is -2.40. The summed E-state index contributed by atoms with van der Waals surface area (Å²) in [6.45, 7) is 7.91. The summed E-state index contributed by atoms with van der Waals surface area (Å²) in [6.07, 6.45) is 2.25. The largest absolute Gasteiger partial charge is 0.352 e. The van der Waals surface area contributed by atoms with E-state index in [0.29, 0.717) is 22.6 Å². The summed E-state index contributed by atoms with van der Waals surface area (Å²) in [5, 5.41) is 12.3. The van der Waals surface area contributed by atoms with Gasteiger partial charge in [0.2, 0.25) is 17.6 Å². The average Bonchev–Trinajstić information content (AvgIpc) is 3.25. The molecule has 0 radical (unpaired) electrons. The van der Waals surface area contributed by atoms with Crippen LogP contribution in [0.1, 0.15) is 33.6 Å². The van der Waals surface area contributed by atoms with E-state index in [2.05, 4.69) is 22.4 Å². The first-order valence-corrected chi connectivity index (χ1v) is 11.4. The predicted molar refractivity (Wildman–Crippen MR) is 117 cm³/mol. The van der Waals surface area contributed by atoms with Crippen molar-refractivity contribution in [1.82, 2.24) is 29.4 Å². The molecule has 1 N–H and O–H groups in total. The van der Waals surface area contributed by atoms with Crippen LogP contribution in [0, 0.1) is 5.92 Å².